The molecule has 2 aliphatic rings. The largest absolute Gasteiger partial charge is 0.490 e. The van der Waals surface area contributed by atoms with E-state index in [1.165, 1.54) is 0 Å². The van der Waals surface area contributed by atoms with Crippen LogP contribution < -0.4 is 25.4 Å². The summed E-state index contributed by atoms with van der Waals surface area (Å²) in [6.45, 7) is 5.60. The van der Waals surface area contributed by atoms with Gasteiger partial charge in [-0.1, -0.05) is 18.2 Å². The van der Waals surface area contributed by atoms with E-state index in [1.54, 1.807) is 31.2 Å². The van der Waals surface area contributed by atoms with Gasteiger partial charge in [-0.3, -0.25) is 19.3 Å². The molecule has 3 N–H and O–H groups in total. The van der Waals surface area contributed by atoms with Crippen molar-refractivity contribution in [2.45, 2.75) is 32.7 Å². The van der Waals surface area contributed by atoms with Crippen LogP contribution in [0.1, 0.15) is 30.0 Å². The van der Waals surface area contributed by atoms with E-state index in [2.05, 4.69) is 16.0 Å². The van der Waals surface area contributed by atoms with Crippen molar-refractivity contribution in [1.29, 1.82) is 0 Å². The molecule has 0 spiro atoms. The standard InChI is InChI=1S/C25H28N4O6/c1-15-6-4-7-18(16(15)2)27-21(30)13-26-22(31)14-29-23(32)25(3,28-24(29)33)17-8-9-19-20(12-17)35-11-5-10-34-19/h4,6-9,12H,5,10-11,13-14H2,1-3H3,(H,26,31)(H,27,30)(H,28,33). The Morgan fingerprint density at radius 1 is 1.06 bits per heavy atom. The molecule has 10 heteroatoms. The minimum Gasteiger partial charge on any atom is -0.490 e. The van der Waals surface area contributed by atoms with Crippen molar-refractivity contribution in [1.82, 2.24) is 15.5 Å². The number of nitrogens with zero attached hydrogens (tertiary/aromatic N) is 1. The molecule has 2 aliphatic heterocycles. The number of anilines is 1. The van der Waals surface area contributed by atoms with E-state index >= 15 is 0 Å². The minimum atomic E-state index is -1.37. The number of urea groups is 1. The highest BCUT2D eigenvalue weighted by Crippen LogP contribution is 2.36. The highest BCUT2D eigenvalue weighted by molar-refractivity contribution is 6.09. The summed E-state index contributed by atoms with van der Waals surface area (Å²) >= 11 is 0. The lowest BCUT2D eigenvalue weighted by Crippen LogP contribution is -2.44. The van der Waals surface area contributed by atoms with Crippen molar-refractivity contribution < 1.29 is 28.7 Å². The van der Waals surface area contributed by atoms with Gasteiger partial charge >= 0.3 is 6.03 Å². The van der Waals surface area contributed by atoms with Crippen molar-refractivity contribution in [3.63, 3.8) is 0 Å². The zero-order valence-corrected chi connectivity index (χ0v) is 19.9. The van der Waals surface area contributed by atoms with Gasteiger partial charge in [-0.2, -0.15) is 0 Å². The van der Waals surface area contributed by atoms with E-state index in [0.717, 1.165) is 22.4 Å². The second kappa shape index (κ2) is 9.65. The highest BCUT2D eigenvalue weighted by Gasteiger charge is 2.49. The fraction of sp³-hybridized carbons (Fsp3) is 0.360. The molecule has 1 saturated heterocycles. The molecular formula is C25H28N4O6. The van der Waals surface area contributed by atoms with Crippen molar-refractivity contribution >= 4 is 29.4 Å². The van der Waals surface area contributed by atoms with E-state index in [1.807, 2.05) is 26.0 Å². The second-order valence-electron chi connectivity index (χ2n) is 8.73. The fourth-order valence-corrected chi connectivity index (χ4v) is 3.97. The SMILES string of the molecule is Cc1cccc(NC(=O)CNC(=O)CN2C(=O)NC(C)(c3ccc4c(c3)OCCCO4)C2=O)c1C. The van der Waals surface area contributed by atoms with Crippen LogP contribution >= 0.6 is 0 Å². The number of hydrogen-bond acceptors (Lipinski definition) is 6. The predicted octanol–water partition coefficient (Wildman–Crippen LogP) is 1.99. The molecule has 2 aromatic carbocycles. The number of aryl methyl sites for hydroxylation is 1. The lowest BCUT2D eigenvalue weighted by atomic mass is 9.91. The van der Waals surface area contributed by atoms with Gasteiger partial charge in [-0.15, -0.1) is 0 Å². The van der Waals surface area contributed by atoms with Crippen LogP contribution in [-0.4, -0.2) is 55.0 Å². The maximum Gasteiger partial charge on any atom is 0.325 e. The Labute approximate surface area is 203 Å². The third kappa shape index (κ3) is 4.91. The number of ether oxygens (including phenoxy) is 2. The summed E-state index contributed by atoms with van der Waals surface area (Å²) in [7, 11) is 0. The summed E-state index contributed by atoms with van der Waals surface area (Å²) in [4.78, 5) is 51.3. The van der Waals surface area contributed by atoms with Gasteiger partial charge < -0.3 is 25.4 Å². The van der Waals surface area contributed by atoms with Crippen LogP contribution in [0.25, 0.3) is 0 Å². The molecule has 2 aromatic rings. The van der Waals surface area contributed by atoms with E-state index in [-0.39, 0.29) is 6.54 Å². The topological polar surface area (TPSA) is 126 Å². The number of carbonyl (C=O) groups is 4. The molecule has 35 heavy (non-hydrogen) atoms. The summed E-state index contributed by atoms with van der Waals surface area (Å²) in [6.07, 6.45) is 0.739. The molecule has 184 valence electrons. The minimum absolute atomic E-state index is 0.296. The Morgan fingerprint density at radius 2 is 1.80 bits per heavy atom. The number of nitrogens with one attached hydrogen (secondary N) is 3. The monoisotopic (exact) mass is 480 g/mol. The van der Waals surface area contributed by atoms with Gasteiger partial charge in [0.05, 0.1) is 19.8 Å². The number of carbonyl (C=O) groups excluding carboxylic acids is 4. The zero-order valence-electron chi connectivity index (χ0n) is 19.9. The Bertz CT molecular complexity index is 1200. The van der Waals surface area contributed by atoms with Crippen LogP contribution in [0.3, 0.4) is 0 Å². The third-order valence-electron chi connectivity index (χ3n) is 6.23. The Morgan fingerprint density at radius 3 is 2.57 bits per heavy atom. The van der Waals surface area contributed by atoms with Gasteiger partial charge in [0.25, 0.3) is 5.91 Å². The molecule has 1 atom stereocenters. The van der Waals surface area contributed by atoms with Gasteiger partial charge in [0, 0.05) is 12.1 Å². The number of hydrogen-bond donors (Lipinski definition) is 3. The summed E-state index contributed by atoms with van der Waals surface area (Å²) in [5.41, 5.74) is 1.75. The average molecular weight is 481 g/mol. The van der Waals surface area contributed by atoms with Gasteiger partial charge in [0.15, 0.2) is 11.5 Å². The highest BCUT2D eigenvalue weighted by atomic mass is 16.5. The molecule has 4 rings (SSSR count). The van der Waals surface area contributed by atoms with Crippen LogP contribution in [0, 0.1) is 13.8 Å². The molecule has 0 aromatic heterocycles. The van der Waals surface area contributed by atoms with E-state index in [4.69, 9.17) is 9.47 Å². The van der Waals surface area contributed by atoms with E-state index < -0.39 is 35.8 Å². The van der Waals surface area contributed by atoms with Crippen molar-refractivity contribution in [2.24, 2.45) is 0 Å². The first kappa shape index (κ1) is 24.1. The lowest BCUT2D eigenvalue weighted by Gasteiger charge is -2.23. The Hall–Kier alpha value is -4.08. The molecular weight excluding hydrogens is 452 g/mol. The van der Waals surface area contributed by atoms with Crippen molar-refractivity contribution in [3.8, 4) is 11.5 Å². The van der Waals surface area contributed by atoms with Gasteiger partial charge in [0.1, 0.15) is 12.1 Å². The van der Waals surface area contributed by atoms with Crippen LogP contribution in [-0.2, 0) is 19.9 Å². The number of fused-ring (bicyclic) bond motifs is 1. The van der Waals surface area contributed by atoms with Gasteiger partial charge in [-0.05, 0) is 55.7 Å². The number of benzene rings is 2. The van der Waals surface area contributed by atoms with Gasteiger partial charge in [0.2, 0.25) is 11.8 Å². The number of rotatable bonds is 6. The van der Waals surface area contributed by atoms with Gasteiger partial charge in [-0.25, -0.2) is 4.79 Å². The zero-order chi connectivity index (χ0) is 25.2. The molecule has 0 bridgehead atoms. The quantitative estimate of drug-likeness (QED) is 0.543. The molecule has 10 nitrogen and oxygen atoms in total. The van der Waals surface area contributed by atoms with Crippen molar-refractivity contribution in [2.75, 3.05) is 31.6 Å². The first-order valence-corrected chi connectivity index (χ1v) is 11.4. The maximum atomic E-state index is 13.2. The molecule has 1 fully saturated rings. The van der Waals surface area contributed by atoms with E-state index in [0.29, 0.717) is 36.0 Å². The first-order valence-electron chi connectivity index (χ1n) is 11.4. The van der Waals surface area contributed by atoms with Crippen molar-refractivity contribution in [3.05, 3.63) is 53.1 Å². The fourth-order valence-electron chi connectivity index (χ4n) is 3.97. The molecule has 0 saturated carbocycles. The molecule has 1 unspecified atom stereocenters. The summed E-state index contributed by atoms with van der Waals surface area (Å²) in [5, 5.41) is 7.87. The van der Waals surface area contributed by atoms with Crippen LogP contribution in [0.2, 0.25) is 0 Å². The van der Waals surface area contributed by atoms with Crippen LogP contribution in [0.4, 0.5) is 10.5 Å². The summed E-state index contributed by atoms with van der Waals surface area (Å²) in [6, 6.07) is 9.90. The molecule has 5 amide bonds. The van der Waals surface area contributed by atoms with Crippen LogP contribution in [0.5, 0.6) is 11.5 Å². The molecule has 2 heterocycles. The van der Waals surface area contributed by atoms with E-state index in [9.17, 15) is 19.2 Å². The smallest absolute Gasteiger partial charge is 0.325 e. The average Bonchev–Trinajstić information content (AvgIpc) is 2.99. The predicted molar refractivity (Wildman–Crippen MR) is 127 cm³/mol. The molecule has 0 radical (unpaired) electrons. The first-order chi connectivity index (χ1) is 16.7. The third-order valence-corrected chi connectivity index (χ3v) is 6.23. The van der Waals surface area contributed by atoms with Crippen LogP contribution in [0.15, 0.2) is 36.4 Å². The lowest BCUT2D eigenvalue weighted by molar-refractivity contribution is -0.135. The number of amides is 5. The maximum absolute atomic E-state index is 13.2. The summed E-state index contributed by atoms with van der Waals surface area (Å²) < 4.78 is 11.3. The molecule has 0 aliphatic carbocycles. The Balaban J connectivity index is 1.37. The Kier molecular flexibility index (Phi) is 6.63. The summed E-state index contributed by atoms with van der Waals surface area (Å²) in [5.74, 6) is -0.558. The number of imide groups is 1. The normalized spacial score (nSPS) is 19.1. The second-order valence-corrected chi connectivity index (χ2v) is 8.73.